The molecule has 1 amide bonds. The van der Waals surface area contributed by atoms with E-state index < -0.39 is 0 Å². The third-order valence-electron chi connectivity index (χ3n) is 3.82. The van der Waals surface area contributed by atoms with E-state index in [0.29, 0.717) is 17.2 Å². The second kappa shape index (κ2) is 5.21. The molecule has 2 heterocycles. The highest BCUT2D eigenvalue weighted by Crippen LogP contribution is 2.29. The normalized spacial score (nSPS) is 19.1. The van der Waals surface area contributed by atoms with Crippen LogP contribution in [0.25, 0.3) is 0 Å². The van der Waals surface area contributed by atoms with Crippen molar-refractivity contribution in [3.8, 4) is 0 Å². The minimum absolute atomic E-state index is 0.00530. The van der Waals surface area contributed by atoms with Gasteiger partial charge in [0.15, 0.2) is 5.13 Å². The zero-order valence-electron chi connectivity index (χ0n) is 12.8. The van der Waals surface area contributed by atoms with Gasteiger partial charge >= 0.3 is 0 Å². The highest BCUT2D eigenvalue weighted by molar-refractivity contribution is 7.18. The molecule has 0 radical (unpaired) electrons. The summed E-state index contributed by atoms with van der Waals surface area (Å²) in [5.41, 5.74) is 5.88. The number of nitrogens with zero attached hydrogens (tertiary/aromatic N) is 4. The van der Waals surface area contributed by atoms with Crippen LogP contribution < -0.4 is 10.6 Å². The van der Waals surface area contributed by atoms with Gasteiger partial charge in [-0.05, 0) is 20.9 Å². The molecule has 2 rings (SSSR count). The fourth-order valence-corrected chi connectivity index (χ4v) is 3.10. The molecule has 2 N–H and O–H groups in total. The van der Waals surface area contributed by atoms with Crippen LogP contribution in [0.2, 0.25) is 0 Å². The SMILES string of the molecule is CN(C)c1nc(N)c(C(=O)N2CCN(C)C(C)(C)C2)s1. The summed E-state index contributed by atoms with van der Waals surface area (Å²) in [5.74, 6) is 0.328. The number of amides is 1. The number of carbonyl (C=O) groups excluding carboxylic acids is 1. The Hall–Kier alpha value is -1.34. The van der Waals surface area contributed by atoms with Gasteiger partial charge in [-0.15, -0.1) is 0 Å². The quantitative estimate of drug-likeness (QED) is 0.881. The van der Waals surface area contributed by atoms with Crippen molar-refractivity contribution in [2.45, 2.75) is 19.4 Å². The Labute approximate surface area is 124 Å². The topological polar surface area (TPSA) is 65.7 Å². The molecule has 0 saturated carbocycles. The van der Waals surface area contributed by atoms with Crippen LogP contribution in [-0.4, -0.2) is 67.0 Å². The molecule has 1 aliphatic heterocycles. The number of aromatic nitrogens is 1. The fourth-order valence-electron chi connectivity index (χ4n) is 2.22. The molecule has 1 aromatic rings. The van der Waals surface area contributed by atoms with Gasteiger partial charge in [-0.25, -0.2) is 4.98 Å². The highest BCUT2D eigenvalue weighted by atomic mass is 32.1. The average Bonchev–Trinajstić information content (AvgIpc) is 2.74. The van der Waals surface area contributed by atoms with Gasteiger partial charge in [-0.1, -0.05) is 11.3 Å². The second-order valence-electron chi connectivity index (χ2n) is 6.07. The molecule has 1 aliphatic rings. The van der Waals surface area contributed by atoms with Crippen LogP contribution in [0.3, 0.4) is 0 Å². The van der Waals surface area contributed by atoms with E-state index in [0.717, 1.165) is 18.2 Å². The largest absolute Gasteiger partial charge is 0.382 e. The van der Waals surface area contributed by atoms with Gasteiger partial charge in [-0.3, -0.25) is 9.69 Å². The molecule has 112 valence electrons. The standard InChI is InChI=1S/C13H23N5OS/c1-13(2)8-18(7-6-17(13)5)11(19)9-10(14)15-12(20-9)16(3)4/h6-8,14H2,1-5H3. The summed E-state index contributed by atoms with van der Waals surface area (Å²) in [6.07, 6.45) is 0. The Morgan fingerprint density at radius 1 is 1.40 bits per heavy atom. The first-order valence-corrected chi connectivity index (χ1v) is 7.48. The summed E-state index contributed by atoms with van der Waals surface area (Å²) in [6.45, 7) is 6.60. The number of hydrogen-bond acceptors (Lipinski definition) is 6. The number of anilines is 2. The second-order valence-corrected chi connectivity index (χ2v) is 7.04. The first-order chi connectivity index (χ1) is 9.22. The van der Waals surface area contributed by atoms with Crippen LogP contribution in [0.15, 0.2) is 0 Å². The maximum absolute atomic E-state index is 12.6. The summed E-state index contributed by atoms with van der Waals surface area (Å²) in [5, 5.41) is 0.763. The van der Waals surface area contributed by atoms with Crippen LogP contribution in [0.4, 0.5) is 10.9 Å². The van der Waals surface area contributed by atoms with E-state index in [9.17, 15) is 4.79 Å². The van der Waals surface area contributed by atoms with Crippen LogP contribution in [0.5, 0.6) is 0 Å². The Kier molecular flexibility index (Phi) is 3.93. The molecule has 0 unspecified atom stereocenters. The smallest absolute Gasteiger partial charge is 0.267 e. The molecule has 0 aliphatic carbocycles. The van der Waals surface area contributed by atoms with Crippen molar-refractivity contribution in [1.82, 2.24) is 14.8 Å². The molecular formula is C13H23N5OS. The monoisotopic (exact) mass is 297 g/mol. The maximum atomic E-state index is 12.6. The van der Waals surface area contributed by atoms with Crippen molar-refractivity contribution in [3.05, 3.63) is 4.88 Å². The third-order valence-corrected chi connectivity index (χ3v) is 5.05. The van der Waals surface area contributed by atoms with Gasteiger partial charge in [0.05, 0.1) is 0 Å². The predicted molar refractivity (Wildman–Crippen MR) is 83.5 cm³/mol. The van der Waals surface area contributed by atoms with E-state index in [2.05, 4.69) is 30.8 Å². The number of hydrogen-bond donors (Lipinski definition) is 1. The molecular weight excluding hydrogens is 274 g/mol. The maximum Gasteiger partial charge on any atom is 0.267 e. The van der Waals surface area contributed by atoms with Crippen LogP contribution in [-0.2, 0) is 0 Å². The summed E-state index contributed by atoms with van der Waals surface area (Å²) in [6, 6.07) is 0. The lowest BCUT2D eigenvalue weighted by Gasteiger charge is -2.45. The van der Waals surface area contributed by atoms with Crippen LogP contribution in [0, 0.1) is 0 Å². The van der Waals surface area contributed by atoms with Gasteiger partial charge in [0.2, 0.25) is 0 Å². The van der Waals surface area contributed by atoms with E-state index in [1.807, 2.05) is 23.9 Å². The van der Waals surface area contributed by atoms with Gasteiger partial charge in [0.1, 0.15) is 10.7 Å². The molecule has 0 aromatic carbocycles. The number of piperazine rings is 1. The number of thiazole rings is 1. The highest BCUT2D eigenvalue weighted by Gasteiger charge is 2.34. The molecule has 1 fully saturated rings. The lowest BCUT2D eigenvalue weighted by molar-refractivity contribution is 0.0315. The fraction of sp³-hybridized carbons (Fsp3) is 0.692. The first-order valence-electron chi connectivity index (χ1n) is 6.66. The molecule has 0 atom stereocenters. The van der Waals surface area contributed by atoms with E-state index in [1.54, 1.807) is 0 Å². The Balaban J connectivity index is 2.20. The summed E-state index contributed by atoms with van der Waals surface area (Å²) < 4.78 is 0. The summed E-state index contributed by atoms with van der Waals surface area (Å²) in [4.78, 5) is 23.4. The summed E-state index contributed by atoms with van der Waals surface area (Å²) in [7, 11) is 5.88. The van der Waals surface area contributed by atoms with E-state index in [4.69, 9.17) is 5.73 Å². The Bertz CT molecular complexity index is 511. The lowest BCUT2D eigenvalue weighted by atomic mass is 9.99. The minimum atomic E-state index is -0.0161. The number of nitrogen functional groups attached to an aromatic ring is 1. The molecule has 0 bridgehead atoms. The lowest BCUT2D eigenvalue weighted by Crippen LogP contribution is -2.58. The zero-order chi connectivity index (χ0) is 15.1. The van der Waals surface area contributed by atoms with Crippen molar-refractivity contribution in [2.75, 3.05) is 51.4 Å². The first kappa shape index (κ1) is 15.1. The van der Waals surface area contributed by atoms with Crippen molar-refractivity contribution < 1.29 is 4.79 Å². The van der Waals surface area contributed by atoms with Crippen molar-refractivity contribution in [3.63, 3.8) is 0 Å². The van der Waals surface area contributed by atoms with E-state index in [-0.39, 0.29) is 11.4 Å². The van der Waals surface area contributed by atoms with Crippen molar-refractivity contribution >= 4 is 28.2 Å². The number of rotatable bonds is 2. The van der Waals surface area contributed by atoms with E-state index in [1.165, 1.54) is 11.3 Å². The van der Waals surface area contributed by atoms with Gasteiger partial charge in [-0.2, -0.15) is 0 Å². The average molecular weight is 297 g/mol. The number of nitrogens with two attached hydrogens (primary N) is 1. The number of likely N-dealkylation sites (N-methyl/N-ethyl adjacent to an activating group) is 1. The van der Waals surface area contributed by atoms with Crippen molar-refractivity contribution in [2.24, 2.45) is 0 Å². The van der Waals surface area contributed by atoms with Crippen LogP contribution in [0.1, 0.15) is 23.5 Å². The molecule has 1 saturated heterocycles. The van der Waals surface area contributed by atoms with Gasteiger partial charge < -0.3 is 15.5 Å². The third kappa shape index (κ3) is 2.73. The Morgan fingerprint density at radius 2 is 2.05 bits per heavy atom. The molecule has 1 aromatic heterocycles. The minimum Gasteiger partial charge on any atom is -0.382 e. The summed E-state index contributed by atoms with van der Waals surface area (Å²) >= 11 is 1.36. The predicted octanol–water partition coefficient (Wildman–Crippen LogP) is 0.957. The van der Waals surface area contributed by atoms with Crippen LogP contribution >= 0.6 is 11.3 Å². The molecule has 20 heavy (non-hydrogen) atoms. The van der Waals surface area contributed by atoms with Gasteiger partial charge in [0.25, 0.3) is 5.91 Å². The molecule has 0 spiro atoms. The molecule has 7 heteroatoms. The zero-order valence-corrected chi connectivity index (χ0v) is 13.6. The van der Waals surface area contributed by atoms with Crippen molar-refractivity contribution in [1.29, 1.82) is 0 Å². The van der Waals surface area contributed by atoms with Gasteiger partial charge in [0, 0.05) is 39.3 Å². The van der Waals surface area contributed by atoms with E-state index >= 15 is 0 Å². The number of carbonyl (C=O) groups is 1. The Morgan fingerprint density at radius 3 is 2.55 bits per heavy atom. The molecule has 6 nitrogen and oxygen atoms in total.